The molecule has 108 valence electrons. The van der Waals surface area contributed by atoms with Gasteiger partial charge >= 0.3 is 0 Å². The Morgan fingerprint density at radius 3 is 2.90 bits per heavy atom. The molecule has 0 saturated heterocycles. The quantitative estimate of drug-likeness (QED) is 0.801. The van der Waals surface area contributed by atoms with E-state index >= 15 is 0 Å². The van der Waals surface area contributed by atoms with Gasteiger partial charge in [-0.05, 0) is 17.9 Å². The largest absolute Gasteiger partial charge is 0.327 e. The van der Waals surface area contributed by atoms with E-state index in [1.807, 2.05) is 18.2 Å². The highest BCUT2D eigenvalue weighted by molar-refractivity contribution is 6.00. The molecule has 1 unspecified atom stereocenters. The number of benzene rings is 1. The second kappa shape index (κ2) is 5.63. The zero-order chi connectivity index (χ0) is 14.8. The Morgan fingerprint density at radius 2 is 2.20 bits per heavy atom. The summed E-state index contributed by atoms with van der Waals surface area (Å²) in [5.41, 5.74) is 7.74. The lowest BCUT2D eigenvalue weighted by molar-refractivity contribution is -0.116. The molecule has 5 nitrogen and oxygen atoms in total. The maximum absolute atomic E-state index is 12.0. The van der Waals surface area contributed by atoms with Gasteiger partial charge < -0.3 is 11.1 Å². The second-order valence-electron chi connectivity index (χ2n) is 6.42. The first kappa shape index (κ1) is 14.5. The van der Waals surface area contributed by atoms with Gasteiger partial charge in [0.25, 0.3) is 0 Å². The summed E-state index contributed by atoms with van der Waals surface area (Å²) < 4.78 is 0. The number of hydrogen-bond donors (Lipinski definition) is 3. The topological polar surface area (TPSA) is 83.8 Å². The van der Waals surface area contributed by atoms with Crippen molar-refractivity contribution in [3.63, 3.8) is 0 Å². The van der Waals surface area contributed by atoms with Crippen molar-refractivity contribution in [1.82, 2.24) is 10.2 Å². The number of aromatic amines is 1. The summed E-state index contributed by atoms with van der Waals surface area (Å²) >= 11 is 0. The van der Waals surface area contributed by atoms with Crippen molar-refractivity contribution in [3.05, 3.63) is 24.4 Å². The Bertz CT molecular complexity index is 597. The molecule has 2 rings (SSSR count). The van der Waals surface area contributed by atoms with Crippen LogP contribution in [0.5, 0.6) is 0 Å². The van der Waals surface area contributed by atoms with Gasteiger partial charge in [0, 0.05) is 17.8 Å². The average molecular weight is 274 g/mol. The van der Waals surface area contributed by atoms with Gasteiger partial charge in [0.15, 0.2) is 0 Å². The third-order valence-electron chi connectivity index (χ3n) is 3.07. The Kier molecular flexibility index (Phi) is 4.09. The molecular formula is C15H22N4O. The number of amides is 1. The van der Waals surface area contributed by atoms with E-state index in [-0.39, 0.29) is 17.4 Å². The van der Waals surface area contributed by atoms with Crippen molar-refractivity contribution in [2.75, 3.05) is 5.32 Å². The molecule has 0 spiro atoms. The second-order valence-corrected chi connectivity index (χ2v) is 6.42. The Hall–Kier alpha value is -1.88. The molecule has 4 N–H and O–H groups in total. The van der Waals surface area contributed by atoms with Gasteiger partial charge in [-0.15, -0.1) is 0 Å². The summed E-state index contributed by atoms with van der Waals surface area (Å²) in [7, 11) is 0. The molecule has 1 aromatic carbocycles. The van der Waals surface area contributed by atoms with Crippen LogP contribution in [0.25, 0.3) is 10.9 Å². The van der Waals surface area contributed by atoms with E-state index in [0.717, 1.165) is 23.0 Å². The molecule has 0 fully saturated rings. The minimum atomic E-state index is -0.129. The smallest absolute Gasteiger partial charge is 0.225 e. The number of fused-ring (bicyclic) bond motifs is 1. The van der Waals surface area contributed by atoms with Crippen molar-refractivity contribution in [2.45, 2.75) is 39.7 Å². The monoisotopic (exact) mass is 274 g/mol. The average Bonchev–Trinajstić information content (AvgIpc) is 2.74. The maximum atomic E-state index is 12.0. The predicted octanol–water partition coefficient (Wildman–Crippen LogP) is 2.66. The van der Waals surface area contributed by atoms with E-state index in [1.54, 1.807) is 6.20 Å². The van der Waals surface area contributed by atoms with E-state index in [2.05, 4.69) is 36.3 Å². The van der Waals surface area contributed by atoms with Gasteiger partial charge in [-0.1, -0.05) is 32.9 Å². The lowest BCUT2D eigenvalue weighted by Crippen LogP contribution is -2.31. The fourth-order valence-corrected chi connectivity index (χ4v) is 2.37. The van der Waals surface area contributed by atoms with Gasteiger partial charge in [0.1, 0.15) is 0 Å². The van der Waals surface area contributed by atoms with E-state index < -0.39 is 0 Å². The number of carbonyl (C=O) groups excluding carboxylic acids is 1. The van der Waals surface area contributed by atoms with Gasteiger partial charge in [0.05, 0.1) is 17.4 Å². The van der Waals surface area contributed by atoms with Crippen LogP contribution in [-0.2, 0) is 4.79 Å². The SMILES string of the molecule is CC(C)(C)CC(N)CC(=O)Nc1cccc2cn[nH]c12. The van der Waals surface area contributed by atoms with Crippen molar-refractivity contribution in [1.29, 1.82) is 0 Å². The number of hydrogen-bond acceptors (Lipinski definition) is 3. The number of nitrogens with two attached hydrogens (primary N) is 1. The zero-order valence-corrected chi connectivity index (χ0v) is 12.2. The molecule has 2 aromatic rings. The lowest BCUT2D eigenvalue weighted by Gasteiger charge is -2.22. The molecule has 0 radical (unpaired) electrons. The molecule has 0 aliphatic rings. The van der Waals surface area contributed by atoms with Crippen LogP contribution in [0.1, 0.15) is 33.6 Å². The van der Waals surface area contributed by atoms with Crippen molar-refractivity contribution < 1.29 is 4.79 Å². The number of nitrogens with zero attached hydrogens (tertiary/aromatic N) is 1. The van der Waals surface area contributed by atoms with Gasteiger partial charge in [0.2, 0.25) is 5.91 Å². The molecule has 1 amide bonds. The van der Waals surface area contributed by atoms with Crippen LogP contribution in [-0.4, -0.2) is 22.1 Å². The molecule has 5 heteroatoms. The number of H-pyrrole nitrogens is 1. The van der Waals surface area contributed by atoms with Gasteiger partial charge in [-0.2, -0.15) is 5.10 Å². The van der Waals surface area contributed by atoms with E-state index in [0.29, 0.717) is 6.42 Å². The molecule has 0 saturated carbocycles. The van der Waals surface area contributed by atoms with Crippen molar-refractivity contribution >= 4 is 22.5 Å². The normalized spacial score (nSPS) is 13.4. The Balaban J connectivity index is 2.00. The number of para-hydroxylation sites is 1. The third-order valence-corrected chi connectivity index (χ3v) is 3.07. The Labute approximate surface area is 118 Å². The van der Waals surface area contributed by atoms with E-state index in [9.17, 15) is 4.79 Å². The van der Waals surface area contributed by atoms with E-state index in [4.69, 9.17) is 5.73 Å². The standard InChI is InChI=1S/C15H22N4O/c1-15(2,3)8-11(16)7-13(20)18-12-6-4-5-10-9-17-19-14(10)12/h4-6,9,11H,7-8,16H2,1-3H3,(H,17,19)(H,18,20). The van der Waals surface area contributed by atoms with Gasteiger partial charge in [-0.25, -0.2) is 0 Å². The first-order valence-corrected chi connectivity index (χ1v) is 6.83. The number of carbonyl (C=O) groups is 1. The van der Waals surface area contributed by atoms with Crippen LogP contribution in [0, 0.1) is 5.41 Å². The highest BCUT2D eigenvalue weighted by atomic mass is 16.1. The lowest BCUT2D eigenvalue weighted by atomic mass is 9.87. The summed E-state index contributed by atoms with van der Waals surface area (Å²) in [4.78, 5) is 12.0. The molecule has 1 heterocycles. The van der Waals surface area contributed by atoms with Crippen LogP contribution in [0.15, 0.2) is 24.4 Å². The minimum Gasteiger partial charge on any atom is -0.327 e. The summed E-state index contributed by atoms with van der Waals surface area (Å²) in [6, 6.07) is 5.56. The molecule has 0 aliphatic heterocycles. The zero-order valence-electron chi connectivity index (χ0n) is 12.2. The van der Waals surface area contributed by atoms with Crippen LogP contribution < -0.4 is 11.1 Å². The molecule has 1 aromatic heterocycles. The summed E-state index contributed by atoms with van der Waals surface area (Å²) in [5.74, 6) is -0.0659. The summed E-state index contributed by atoms with van der Waals surface area (Å²) in [6.07, 6.45) is 2.87. The molecule has 20 heavy (non-hydrogen) atoms. The maximum Gasteiger partial charge on any atom is 0.225 e. The van der Waals surface area contributed by atoms with Crippen molar-refractivity contribution in [2.24, 2.45) is 11.1 Å². The van der Waals surface area contributed by atoms with Crippen molar-refractivity contribution in [3.8, 4) is 0 Å². The molecule has 1 atom stereocenters. The number of rotatable bonds is 4. The number of nitrogens with one attached hydrogen (secondary N) is 2. The summed E-state index contributed by atoms with van der Waals surface area (Å²) in [5, 5.41) is 10.7. The predicted molar refractivity (Wildman–Crippen MR) is 81.4 cm³/mol. The minimum absolute atomic E-state index is 0.0659. The van der Waals surface area contributed by atoms with E-state index in [1.165, 1.54) is 0 Å². The number of anilines is 1. The highest BCUT2D eigenvalue weighted by Gasteiger charge is 2.18. The van der Waals surface area contributed by atoms with Crippen LogP contribution in [0.3, 0.4) is 0 Å². The first-order chi connectivity index (χ1) is 9.35. The number of aromatic nitrogens is 2. The van der Waals surface area contributed by atoms with Gasteiger partial charge in [-0.3, -0.25) is 9.89 Å². The third kappa shape index (κ3) is 3.81. The fraction of sp³-hybridized carbons (Fsp3) is 0.467. The molecule has 0 bridgehead atoms. The first-order valence-electron chi connectivity index (χ1n) is 6.83. The van der Waals surface area contributed by atoms with Crippen LogP contribution in [0.4, 0.5) is 5.69 Å². The fourth-order valence-electron chi connectivity index (χ4n) is 2.37. The van der Waals surface area contributed by atoms with Crippen LogP contribution >= 0.6 is 0 Å². The summed E-state index contributed by atoms with van der Waals surface area (Å²) in [6.45, 7) is 6.36. The van der Waals surface area contributed by atoms with Crippen LogP contribution in [0.2, 0.25) is 0 Å². The Morgan fingerprint density at radius 1 is 1.45 bits per heavy atom. The molecule has 0 aliphatic carbocycles. The molecular weight excluding hydrogens is 252 g/mol. The highest BCUT2D eigenvalue weighted by Crippen LogP contribution is 2.23.